The standard InChI is InChI=1S/C14H17F4NO3S/c1-3-13(2)9-19(6-7-22-13)11-5-4-10(15)8-12(11)23(20,21)14(16,17)18/h4-5,8H,3,6-7,9H2,1-2H3. The Labute approximate surface area is 132 Å². The van der Waals surface area contributed by atoms with Crippen LogP contribution in [0.3, 0.4) is 0 Å². The van der Waals surface area contributed by atoms with Crippen molar-refractivity contribution in [3.8, 4) is 0 Å². The third-order valence-electron chi connectivity index (χ3n) is 3.94. The highest BCUT2D eigenvalue weighted by atomic mass is 32.2. The average Bonchev–Trinajstić information content (AvgIpc) is 2.46. The summed E-state index contributed by atoms with van der Waals surface area (Å²) in [7, 11) is -5.65. The maximum atomic E-state index is 13.4. The Kier molecular flexibility index (Phi) is 4.64. The van der Waals surface area contributed by atoms with Gasteiger partial charge in [0.15, 0.2) is 0 Å². The Morgan fingerprint density at radius 1 is 1.35 bits per heavy atom. The van der Waals surface area contributed by atoms with Gasteiger partial charge in [-0.25, -0.2) is 12.8 Å². The van der Waals surface area contributed by atoms with Gasteiger partial charge < -0.3 is 9.64 Å². The average molecular weight is 355 g/mol. The first kappa shape index (κ1) is 18.0. The number of hydrogen-bond donors (Lipinski definition) is 0. The molecule has 0 radical (unpaired) electrons. The van der Waals surface area contributed by atoms with Crippen LogP contribution in [0.15, 0.2) is 23.1 Å². The topological polar surface area (TPSA) is 46.6 Å². The molecule has 0 amide bonds. The first-order valence-electron chi connectivity index (χ1n) is 7.00. The molecule has 1 heterocycles. The van der Waals surface area contributed by atoms with E-state index in [1.54, 1.807) is 6.92 Å². The number of rotatable bonds is 3. The maximum absolute atomic E-state index is 13.4. The predicted molar refractivity (Wildman–Crippen MR) is 76.5 cm³/mol. The van der Waals surface area contributed by atoms with Gasteiger partial charge in [0.25, 0.3) is 9.84 Å². The van der Waals surface area contributed by atoms with E-state index < -0.39 is 31.7 Å². The van der Waals surface area contributed by atoms with E-state index in [4.69, 9.17) is 4.74 Å². The summed E-state index contributed by atoms with van der Waals surface area (Å²) >= 11 is 0. The molecule has 1 aliphatic heterocycles. The Morgan fingerprint density at radius 3 is 2.57 bits per heavy atom. The zero-order valence-electron chi connectivity index (χ0n) is 12.7. The van der Waals surface area contributed by atoms with Crippen LogP contribution in [0.1, 0.15) is 20.3 Å². The zero-order chi connectivity index (χ0) is 17.5. The molecule has 1 aromatic rings. The Balaban J connectivity index is 2.53. The van der Waals surface area contributed by atoms with Gasteiger partial charge in [-0.2, -0.15) is 13.2 Å². The number of halogens is 4. The summed E-state index contributed by atoms with van der Waals surface area (Å²) < 4.78 is 81.1. The molecule has 0 aliphatic carbocycles. The van der Waals surface area contributed by atoms with E-state index >= 15 is 0 Å². The van der Waals surface area contributed by atoms with E-state index in [1.165, 1.54) is 4.90 Å². The van der Waals surface area contributed by atoms with Gasteiger partial charge in [0.1, 0.15) is 10.7 Å². The van der Waals surface area contributed by atoms with Crippen LogP contribution in [-0.2, 0) is 14.6 Å². The third-order valence-corrected chi connectivity index (χ3v) is 5.46. The SMILES string of the molecule is CCC1(C)CN(c2ccc(F)cc2S(=O)(=O)C(F)(F)F)CCO1. The van der Waals surface area contributed by atoms with Gasteiger partial charge in [-0.1, -0.05) is 6.92 Å². The van der Waals surface area contributed by atoms with Gasteiger partial charge in [-0.05, 0) is 31.5 Å². The van der Waals surface area contributed by atoms with E-state index in [0.29, 0.717) is 12.5 Å². The summed E-state index contributed by atoms with van der Waals surface area (Å²) in [4.78, 5) is 0.427. The van der Waals surface area contributed by atoms with Crippen molar-refractivity contribution in [2.45, 2.75) is 36.3 Å². The molecule has 1 unspecified atom stereocenters. The van der Waals surface area contributed by atoms with Crippen LogP contribution in [0.2, 0.25) is 0 Å². The van der Waals surface area contributed by atoms with Crippen molar-refractivity contribution < 1.29 is 30.7 Å². The van der Waals surface area contributed by atoms with E-state index in [-0.39, 0.29) is 25.4 Å². The molecule has 0 bridgehead atoms. The minimum Gasteiger partial charge on any atom is -0.372 e. The van der Waals surface area contributed by atoms with Crippen molar-refractivity contribution in [1.29, 1.82) is 0 Å². The number of sulfone groups is 1. The Hall–Kier alpha value is -1.35. The van der Waals surface area contributed by atoms with Crippen molar-refractivity contribution >= 4 is 15.5 Å². The largest absolute Gasteiger partial charge is 0.501 e. The Morgan fingerprint density at radius 2 is 2.00 bits per heavy atom. The number of nitrogens with zero attached hydrogens (tertiary/aromatic N) is 1. The lowest BCUT2D eigenvalue weighted by molar-refractivity contribution is -0.0448. The molecule has 1 fully saturated rings. The van der Waals surface area contributed by atoms with Crippen LogP contribution >= 0.6 is 0 Å². The quantitative estimate of drug-likeness (QED) is 0.782. The normalized spacial score (nSPS) is 23.1. The van der Waals surface area contributed by atoms with E-state index in [0.717, 1.165) is 12.1 Å². The highest BCUT2D eigenvalue weighted by molar-refractivity contribution is 7.92. The second-order valence-corrected chi connectivity index (χ2v) is 7.54. The monoisotopic (exact) mass is 355 g/mol. The van der Waals surface area contributed by atoms with Crippen LogP contribution in [0.4, 0.5) is 23.2 Å². The molecule has 4 nitrogen and oxygen atoms in total. The van der Waals surface area contributed by atoms with Crippen LogP contribution in [0.5, 0.6) is 0 Å². The fourth-order valence-electron chi connectivity index (χ4n) is 2.44. The molecule has 1 saturated heterocycles. The summed E-state index contributed by atoms with van der Waals surface area (Å²) in [6, 6.07) is 2.43. The molecule has 0 spiro atoms. The smallest absolute Gasteiger partial charge is 0.372 e. The van der Waals surface area contributed by atoms with Gasteiger partial charge in [-0.3, -0.25) is 0 Å². The maximum Gasteiger partial charge on any atom is 0.501 e. The lowest BCUT2D eigenvalue weighted by atomic mass is 10.0. The molecular weight excluding hydrogens is 338 g/mol. The van der Waals surface area contributed by atoms with E-state index in [1.807, 2.05) is 6.92 Å². The van der Waals surface area contributed by atoms with Crippen LogP contribution in [0.25, 0.3) is 0 Å². The Bertz CT molecular complexity index is 690. The number of benzene rings is 1. The lowest BCUT2D eigenvalue weighted by Gasteiger charge is -2.41. The summed E-state index contributed by atoms with van der Waals surface area (Å²) in [5.41, 5.74) is -6.26. The van der Waals surface area contributed by atoms with Crippen LogP contribution in [-0.4, -0.2) is 39.2 Å². The number of hydrogen-bond acceptors (Lipinski definition) is 4. The van der Waals surface area contributed by atoms with Crippen molar-refractivity contribution in [2.75, 3.05) is 24.6 Å². The molecule has 1 atom stereocenters. The van der Waals surface area contributed by atoms with Gasteiger partial charge in [0, 0.05) is 13.1 Å². The third kappa shape index (κ3) is 3.45. The molecule has 0 N–H and O–H groups in total. The number of anilines is 1. The molecule has 1 aromatic carbocycles. The minimum absolute atomic E-state index is 0.160. The molecule has 0 aromatic heterocycles. The first-order valence-corrected chi connectivity index (χ1v) is 8.48. The van der Waals surface area contributed by atoms with Crippen LogP contribution < -0.4 is 4.90 Å². The molecule has 9 heteroatoms. The number of alkyl halides is 3. The van der Waals surface area contributed by atoms with Crippen molar-refractivity contribution in [1.82, 2.24) is 0 Å². The predicted octanol–water partition coefficient (Wildman–Crippen LogP) is 3.12. The van der Waals surface area contributed by atoms with Crippen molar-refractivity contribution in [3.63, 3.8) is 0 Å². The second-order valence-electron chi connectivity index (χ2n) is 5.63. The van der Waals surface area contributed by atoms with Crippen LogP contribution in [0, 0.1) is 5.82 Å². The molecule has 1 aliphatic rings. The lowest BCUT2D eigenvalue weighted by Crippen LogP contribution is -2.50. The summed E-state index contributed by atoms with van der Waals surface area (Å²) in [6.45, 7) is 4.34. The first-order chi connectivity index (χ1) is 10.5. The zero-order valence-corrected chi connectivity index (χ0v) is 13.5. The number of ether oxygens (including phenoxy) is 1. The highest BCUT2D eigenvalue weighted by Gasteiger charge is 2.49. The van der Waals surface area contributed by atoms with E-state index in [9.17, 15) is 26.0 Å². The van der Waals surface area contributed by atoms with Gasteiger partial charge in [-0.15, -0.1) is 0 Å². The number of morpholine rings is 1. The fraction of sp³-hybridized carbons (Fsp3) is 0.571. The molecular formula is C14H17F4NO3S. The van der Waals surface area contributed by atoms with Gasteiger partial charge in [0.2, 0.25) is 0 Å². The molecule has 130 valence electrons. The van der Waals surface area contributed by atoms with Crippen molar-refractivity contribution in [3.05, 3.63) is 24.0 Å². The van der Waals surface area contributed by atoms with E-state index in [2.05, 4.69) is 0 Å². The molecule has 0 saturated carbocycles. The molecule has 23 heavy (non-hydrogen) atoms. The summed E-state index contributed by atoms with van der Waals surface area (Å²) in [6.07, 6.45) is 0.603. The highest BCUT2D eigenvalue weighted by Crippen LogP contribution is 2.37. The molecule has 2 rings (SSSR count). The summed E-state index contributed by atoms with van der Waals surface area (Å²) in [5, 5.41) is 0. The summed E-state index contributed by atoms with van der Waals surface area (Å²) in [5.74, 6) is -1.04. The second kappa shape index (κ2) is 5.94. The minimum atomic E-state index is -5.65. The van der Waals surface area contributed by atoms with Gasteiger partial charge in [0.05, 0.1) is 17.9 Å². The van der Waals surface area contributed by atoms with Gasteiger partial charge >= 0.3 is 5.51 Å². The van der Waals surface area contributed by atoms with Crippen molar-refractivity contribution in [2.24, 2.45) is 0 Å². The fourth-order valence-corrected chi connectivity index (χ4v) is 3.43.